The van der Waals surface area contributed by atoms with E-state index in [1.807, 2.05) is 0 Å². The highest BCUT2D eigenvalue weighted by Crippen LogP contribution is 2.36. The van der Waals surface area contributed by atoms with Crippen LogP contribution in [0, 0.1) is 35.5 Å². The molecule has 0 radical (unpaired) electrons. The van der Waals surface area contributed by atoms with Gasteiger partial charge in [0.2, 0.25) is 5.90 Å². The minimum atomic E-state index is -1.17. The monoisotopic (exact) mass is 453 g/mol. The number of primary amides is 1. The maximum atomic E-state index is 13.2. The predicted molar refractivity (Wildman–Crippen MR) is 121 cm³/mol. The number of rotatable bonds is 10. The van der Waals surface area contributed by atoms with Crippen LogP contribution in [-0.4, -0.2) is 42.2 Å². The lowest BCUT2D eigenvalue weighted by molar-refractivity contribution is -0.165. The molecule has 0 bridgehead atoms. The van der Waals surface area contributed by atoms with Crippen LogP contribution in [0.15, 0.2) is 5.10 Å². The minimum absolute atomic E-state index is 0.100. The molecule has 0 spiro atoms. The third-order valence-corrected chi connectivity index (χ3v) is 6.24. The van der Waals surface area contributed by atoms with Gasteiger partial charge in [-0.15, -0.1) is 5.10 Å². The molecule has 0 heterocycles. The number of carbonyl (C=O) groups is 4. The van der Waals surface area contributed by atoms with Gasteiger partial charge in [0.05, 0.1) is 12.5 Å². The zero-order valence-electron chi connectivity index (χ0n) is 20.3. The van der Waals surface area contributed by atoms with Gasteiger partial charge in [-0.1, -0.05) is 34.1 Å². The van der Waals surface area contributed by atoms with Gasteiger partial charge in [0.25, 0.3) is 0 Å². The number of ether oxygens (including phenoxy) is 2. The summed E-state index contributed by atoms with van der Waals surface area (Å²) in [5, 5.41) is 3.80. The van der Waals surface area contributed by atoms with E-state index in [9.17, 15) is 19.2 Å². The maximum Gasteiger partial charge on any atom is 0.332 e. The Hall–Kier alpha value is -2.45. The highest BCUT2D eigenvalue weighted by atomic mass is 16.5. The summed E-state index contributed by atoms with van der Waals surface area (Å²) in [6.07, 6.45) is 2.52. The number of carbonyl (C=O) groups excluding carboxylic acids is 4. The number of nitrogens with zero attached hydrogens (tertiary/aromatic N) is 1. The second-order valence-corrected chi connectivity index (χ2v) is 9.20. The Balaban J connectivity index is 3.21. The van der Waals surface area contributed by atoms with Crippen molar-refractivity contribution in [1.29, 1.82) is 0 Å². The molecule has 0 aromatic carbocycles. The number of nitrogens with one attached hydrogen (secondary N) is 1. The molecule has 1 aliphatic carbocycles. The number of urea groups is 1. The van der Waals surface area contributed by atoms with E-state index in [4.69, 9.17) is 15.2 Å². The lowest BCUT2D eigenvalue weighted by Crippen LogP contribution is -2.44. The predicted octanol–water partition coefficient (Wildman–Crippen LogP) is 3.06. The average molecular weight is 454 g/mol. The molecule has 0 unspecified atom stereocenters. The third kappa shape index (κ3) is 7.60. The summed E-state index contributed by atoms with van der Waals surface area (Å²) in [7, 11) is 0. The second-order valence-electron chi connectivity index (χ2n) is 9.20. The molecule has 1 rings (SSSR count). The first-order valence-electron chi connectivity index (χ1n) is 11.4. The van der Waals surface area contributed by atoms with Crippen LogP contribution in [0.4, 0.5) is 4.79 Å². The first kappa shape index (κ1) is 27.6. The summed E-state index contributed by atoms with van der Waals surface area (Å²) >= 11 is 0. The summed E-state index contributed by atoms with van der Waals surface area (Å²) in [4.78, 5) is 49.3. The van der Waals surface area contributed by atoms with Crippen molar-refractivity contribution in [1.82, 2.24) is 5.43 Å². The van der Waals surface area contributed by atoms with Crippen LogP contribution in [-0.2, 0) is 23.9 Å². The number of ketones is 2. The number of nitrogens with two attached hydrogens (primary N) is 1. The summed E-state index contributed by atoms with van der Waals surface area (Å²) in [6.45, 7) is 12.4. The number of hydrogen-bond donors (Lipinski definition) is 2. The van der Waals surface area contributed by atoms with Crippen molar-refractivity contribution < 1.29 is 28.7 Å². The molecule has 3 N–H and O–H groups in total. The molecule has 9 nitrogen and oxygen atoms in total. The summed E-state index contributed by atoms with van der Waals surface area (Å²) in [5.74, 6) is -3.51. The standard InChI is InChI=1S/C23H39N3O6/c1-8-31-21(25-26-23(24)30)19(15(6)27)14(5)20(16(7)28)22(29)32-18-11-13(4)9-10-17(18)12(2)3/h12-14,17-20H,8-11H2,1-7H3,(H3,24,26,30)/t13-,14+,17-,18-,19-,20+/m1/s1. The number of esters is 1. The topological polar surface area (TPSA) is 137 Å². The molecule has 0 aromatic heterocycles. The van der Waals surface area contributed by atoms with Gasteiger partial charge in [0, 0.05) is 0 Å². The van der Waals surface area contributed by atoms with Crippen LogP contribution in [0.5, 0.6) is 0 Å². The highest BCUT2D eigenvalue weighted by Gasteiger charge is 2.43. The number of amides is 2. The summed E-state index contributed by atoms with van der Waals surface area (Å²) in [6, 6.07) is -0.925. The molecule has 182 valence electrons. The minimum Gasteiger partial charge on any atom is -0.479 e. The van der Waals surface area contributed by atoms with E-state index >= 15 is 0 Å². The number of hydrogen-bond acceptors (Lipinski definition) is 7. The molecule has 0 aromatic rings. The maximum absolute atomic E-state index is 13.2. The molecule has 2 amide bonds. The molecular formula is C23H39N3O6. The van der Waals surface area contributed by atoms with Crippen molar-refractivity contribution >= 4 is 29.5 Å². The van der Waals surface area contributed by atoms with E-state index in [0.29, 0.717) is 11.8 Å². The lowest BCUT2D eigenvalue weighted by Gasteiger charge is -2.38. The second kappa shape index (κ2) is 12.6. The fraction of sp³-hybridized carbons (Fsp3) is 0.783. The van der Waals surface area contributed by atoms with Crippen molar-refractivity contribution in [2.45, 2.75) is 73.8 Å². The average Bonchev–Trinajstić information content (AvgIpc) is 2.65. The first-order valence-corrected chi connectivity index (χ1v) is 11.4. The van der Waals surface area contributed by atoms with Gasteiger partial charge in [0.15, 0.2) is 0 Å². The van der Waals surface area contributed by atoms with E-state index in [-0.39, 0.29) is 30.3 Å². The smallest absolute Gasteiger partial charge is 0.332 e. The molecule has 0 saturated heterocycles. The van der Waals surface area contributed by atoms with Gasteiger partial charge < -0.3 is 15.2 Å². The van der Waals surface area contributed by atoms with E-state index in [1.54, 1.807) is 13.8 Å². The van der Waals surface area contributed by atoms with Gasteiger partial charge in [-0.05, 0) is 57.3 Å². The van der Waals surface area contributed by atoms with Crippen LogP contribution in [0.25, 0.3) is 0 Å². The van der Waals surface area contributed by atoms with Gasteiger partial charge in [-0.3, -0.25) is 14.4 Å². The summed E-state index contributed by atoms with van der Waals surface area (Å²) in [5.41, 5.74) is 7.13. The van der Waals surface area contributed by atoms with Crippen molar-refractivity contribution in [2.75, 3.05) is 6.61 Å². The van der Waals surface area contributed by atoms with Gasteiger partial charge in [-0.25, -0.2) is 10.2 Å². The van der Waals surface area contributed by atoms with Crippen LogP contribution in [0.1, 0.15) is 67.7 Å². The lowest BCUT2D eigenvalue weighted by atomic mass is 9.75. The van der Waals surface area contributed by atoms with Crippen LogP contribution < -0.4 is 11.2 Å². The molecule has 6 atom stereocenters. The number of Topliss-reactive ketones (excluding diaryl/α,β-unsaturated/α-hetero) is 2. The Morgan fingerprint density at radius 2 is 1.66 bits per heavy atom. The van der Waals surface area contributed by atoms with E-state index in [0.717, 1.165) is 19.3 Å². The Labute approximate surface area is 190 Å². The van der Waals surface area contributed by atoms with Gasteiger partial charge in [-0.2, -0.15) is 0 Å². The Kier molecular flexibility index (Phi) is 10.8. The highest BCUT2D eigenvalue weighted by molar-refractivity contribution is 6.04. The SMILES string of the molecule is CCOC(=NNC(N)=O)[C@@H](C(C)=O)[C@H](C)[C@@H](C(C)=O)C(=O)O[C@@H]1C[C@H](C)CC[C@@H]1C(C)C. The molecule has 1 fully saturated rings. The van der Waals surface area contributed by atoms with Crippen molar-refractivity contribution in [3.63, 3.8) is 0 Å². The Bertz CT molecular complexity index is 721. The van der Waals surface area contributed by atoms with Crippen molar-refractivity contribution in [3.05, 3.63) is 0 Å². The first-order chi connectivity index (χ1) is 14.9. The molecule has 0 aliphatic heterocycles. The van der Waals surface area contributed by atoms with Crippen LogP contribution in [0.2, 0.25) is 0 Å². The molecular weight excluding hydrogens is 414 g/mol. The zero-order valence-corrected chi connectivity index (χ0v) is 20.3. The fourth-order valence-corrected chi connectivity index (χ4v) is 4.63. The molecule has 9 heteroatoms. The van der Waals surface area contributed by atoms with E-state index in [2.05, 4.69) is 31.3 Å². The zero-order chi connectivity index (χ0) is 24.6. The molecule has 32 heavy (non-hydrogen) atoms. The Morgan fingerprint density at radius 1 is 1.06 bits per heavy atom. The van der Waals surface area contributed by atoms with Gasteiger partial charge >= 0.3 is 12.0 Å². The van der Waals surface area contributed by atoms with Crippen molar-refractivity contribution in [3.8, 4) is 0 Å². The fourth-order valence-electron chi connectivity index (χ4n) is 4.63. The Morgan fingerprint density at radius 3 is 2.12 bits per heavy atom. The van der Waals surface area contributed by atoms with Crippen LogP contribution in [0.3, 0.4) is 0 Å². The number of hydrazone groups is 1. The largest absolute Gasteiger partial charge is 0.479 e. The third-order valence-electron chi connectivity index (χ3n) is 6.24. The molecule has 1 aliphatic rings. The quantitative estimate of drug-likeness (QED) is 0.171. The van der Waals surface area contributed by atoms with Crippen molar-refractivity contribution in [2.24, 2.45) is 46.3 Å². The normalized spacial score (nSPS) is 24.2. The van der Waals surface area contributed by atoms with Gasteiger partial charge in [0.1, 0.15) is 23.6 Å². The van der Waals surface area contributed by atoms with Crippen LogP contribution >= 0.6 is 0 Å². The summed E-state index contributed by atoms with van der Waals surface area (Å²) < 4.78 is 11.4. The van der Waals surface area contributed by atoms with E-state index < -0.39 is 35.5 Å². The molecule has 1 saturated carbocycles. The van der Waals surface area contributed by atoms with E-state index in [1.165, 1.54) is 13.8 Å².